The number of benzene rings is 1. The molecule has 0 aliphatic rings. The third-order valence-corrected chi connectivity index (χ3v) is 2.36. The number of ketones is 1. The van der Waals surface area contributed by atoms with Gasteiger partial charge in [-0.1, -0.05) is 29.8 Å². The van der Waals surface area contributed by atoms with Crippen LogP contribution in [0.4, 0.5) is 0 Å². The molecule has 16 heavy (non-hydrogen) atoms. The molecular formula is C13H18O3. The Labute approximate surface area is 96.4 Å². The van der Waals surface area contributed by atoms with Gasteiger partial charge in [-0.25, -0.2) is 0 Å². The molecule has 0 N–H and O–H groups in total. The Morgan fingerprint density at radius 2 is 1.88 bits per heavy atom. The average molecular weight is 222 g/mol. The molecule has 0 fully saturated rings. The molecule has 1 atom stereocenters. The van der Waals surface area contributed by atoms with E-state index >= 15 is 0 Å². The van der Waals surface area contributed by atoms with Crippen molar-refractivity contribution < 1.29 is 14.3 Å². The van der Waals surface area contributed by atoms with E-state index in [1.165, 1.54) is 0 Å². The molecule has 88 valence electrons. The van der Waals surface area contributed by atoms with Crippen molar-refractivity contribution in [3.63, 3.8) is 0 Å². The minimum atomic E-state index is -0.419. The van der Waals surface area contributed by atoms with Gasteiger partial charge in [0.1, 0.15) is 6.10 Å². The number of Topliss-reactive ketones (excluding diaryl/α,β-unsaturated/α-hetero) is 1. The summed E-state index contributed by atoms with van der Waals surface area (Å²) < 4.78 is 10.2. The first-order chi connectivity index (χ1) is 7.65. The Morgan fingerprint density at radius 1 is 1.25 bits per heavy atom. The van der Waals surface area contributed by atoms with E-state index in [9.17, 15) is 4.79 Å². The molecule has 3 heteroatoms. The second-order valence-corrected chi connectivity index (χ2v) is 3.74. The first-order valence-corrected chi connectivity index (χ1v) is 5.36. The van der Waals surface area contributed by atoms with Crippen LogP contribution in [0.15, 0.2) is 24.3 Å². The molecule has 0 spiro atoms. The SMILES string of the molecule is COCCOC(C)C(=O)c1ccc(C)cc1. The highest BCUT2D eigenvalue weighted by molar-refractivity contribution is 5.99. The van der Waals surface area contributed by atoms with Gasteiger partial charge in [-0.3, -0.25) is 4.79 Å². The third kappa shape index (κ3) is 3.76. The van der Waals surface area contributed by atoms with E-state index in [0.717, 1.165) is 5.56 Å². The Hall–Kier alpha value is -1.19. The molecule has 1 aromatic rings. The van der Waals surface area contributed by atoms with Crippen LogP contribution in [-0.2, 0) is 9.47 Å². The zero-order valence-corrected chi connectivity index (χ0v) is 10.0. The van der Waals surface area contributed by atoms with Crippen LogP contribution in [0.5, 0.6) is 0 Å². The zero-order chi connectivity index (χ0) is 12.0. The first-order valence-electron chi connectivity index (χ1n) is 5.36. The van der Waals surface area contributed by atoms with Crippen molar-refractivity contribution in [2.24, 2.45) is 0 Å². The highest BCUT2D eigenvalue weighted by Crippen LogP contribution is 2.08. The Morgan fingerprint density at radius 3 is 2.44 bits per heavy atom. The fraction of sp³-hybridized carbons (Fsp3) is 0.462. The summed E-state index contributed by atoms with van der Waals surface area (Å²) in [6, 6.07) is 7.51. The standard InChI is InChI=1S/C13H18O3/c1-10-4-6-12(7-5-10)13(14)11(2)16-9-8-15-3/h4-7,11H,8-9H2,1-3H3. The molecule has 0 radical (unpaired) electrons. The van der Waals surface area contributed by atoms with Crippen molar-refractivity contribution in [1.82, 2.24) is 0 Å². The van der Waals surface area contributed by atoms with E-state index in [0.29, 0.717) is 18.8 Å². The topological polar surface area (TPSA) is 35.5 Å². The number of carbonyl (C=O) groups excluding carboxylic acids is 1. The van der Waals surface area contributed by atoms with Crippen LogP contribution < -0.4 is 0 Å². The smallest absolute Gasteiger partial charge is 0.191 e. The van der Waals surface area contributed by atoms with Crippen LogP contribution in [0.2, 0.25) is 0 Å². The van der Waals surface area contributed by atoms with E-state index < -0.39 is 6.10 Å². The number of carbonyl (C=O) groups is 1. The maximum Gasteiger partial charge on any atom is 0.191 e. The van der Waals surface area contributed by atoms with Crippen molar-refractivity contribution in [3.05, 3.63) is 35.4 Å². The summed E-state index contributed by atoms with van der Waals surface area (Å²) in [7, 11) is 1.61. The largest absolute Gasteiger partial charge is 0.382 e. The van der Waals surface area contributed by atoms with Crippen LogP contribution >= 0.6 is 0 Å². The highest BCUT2D eigenvalue weighted by Gasteiger charge is 2.14. The predicted octanol–water partition coefficient (Wildman–Crippen LogP) is 2.23. The summed E-state index contributed by atoms with van der Waals surface area (Å²) in [5, 5.41) is 0. The Kier molecular flexibility index (Phi) is 5.15. The molecule has 0 amide bonds. The summed E-state index contributed by atoms with van der Waals surface area (Å²) in [5.74, 6) is 0.0103. The number of aryl methyl sites for hydroxylation is 1. The van der Waals surface area contributed by atoms with E-state index in [1.807, 2.05) is 31.2 Å². The van der Waals surface area contributed by atoms with Crippen molar-refractivity contribution in [3.8, 4) is 0 Å². The predicted molar refractivity (Wildman–Crippen MR) is 62.8 cm³/mol. The molecule has 3 nitrogen and oxygen atoms in total. The molecule has 0 aliphatic heterocycles. The minimum Gasteiger partial charge on any atom is -0.382 e. The number of ether oxygens (including phenoxy) is 2. The van der Waals surface area contributed by atoms with Gasteiger partial charge in [0, 0.05) is 12.7 Å². The maximum absolute atomic E-state index is 11.9. The Balaban J connectivity index is 2.53. The van der Waals surface area contributed by atoms with Crippen LogP contribution in [0.1, 0.15) is 22.8 Å². The number of methoxy groups -OCH3 is 1. The lowest BCUT2D eigenvalue weighted by molar-refractivity contribution is 0.0256. The van der Waals surface area contributed by atoms with Gasteiger partial charge in [0.05, 0.1) is 13.2 Å². The van der Waals surface area contributed by atoms with Crippen molar-refractivity contribution in [2.75, 3.05) is 20.3 Å². The quantitative estimate of drug-likeness (QED) is 0.547. The van der Waals surface area contributed by atoms with Crippen molar-refractivity contribution in [2.45, 2.75) is 20.0 Å². The van der Waals surface area contributed by atoms with E-state index in [-0.39, 0.29) is 5.78 Å². The number of hydrogen-bond acceptors (Lipinski definition) is 3. The van der Waals surface area contributed by atoms with E-state index in [2.05, 4.69) is 0 Å². The van der Waals surface area contributed by atoms with Gasteiger partial charge < -0.3 is 9.47 Å². The summed E-state index contributed by atoms with van der Waals surface area (Å²) in [5.41, 5.74) is 1.83. The van der Waals surface area contributed by atoms with Crippen molar-refractivity contribution in [1.29, 1.82) is 0 Å². The molecule has 0 heterocycles. The molecule has 1 aromatic carbocycles. The molecule has 0 aromatic heterocycles. The van der Waals surface area contributed by atoms with Crippen LogP contribution in [0, 0.1) is 6.92 Å². The van der Waals surface area contributed by atoms with E-state index in [1.54, 1.807) is 14.0 Å². The lowest BCUT2D eigenvalue weighted by Crippen LogP contribution is -2.22. The second-order valence-electron chi connectivity index (χ2n) is 3.74. The molecule has 1 rings (SSSR count). The summed E-state index contributed by atoms with van der Waals surface area (Å²) in [6.07, 6.45) is -0.419. The monoisotopic (exact) mass is 222 g/mol. The zero-order valence-electron chi connectivity index (χ0n) is 10.0. The summed E-state index contributed by atoms with van der Waals surface area (Å²) in [4.78, 5) is 11.9. The maximum atomic E-state index is 11.9. The van der Waals surface area contributed by atoms with Gasteiger partial charge in [-0.15, -0.1) is 0 Å². The lowest BCUT2D eigenvalue weighted by atomic mass is 10.1. The Bertz CT molecular complexity index is 330. The summed E-state index contributed by atoms with van der Waals surface area (Å²) >= 11 is 0. The van der Waals surface area contributed by atoms with Crippen LogP contribution in [0.25, 0.3) is 0 Å². The van der Waals surface area contributed by atoms with Gasteiger partial charge in [0.25, 0.3) is 0 Å². The van der Waals surface area contributed by atoms with E-state index in [4.69, 9.17) is 9.47 Å². The van der Waals surface area contributed by atoms with Gasteiger partial charge in [0.15, 0.2) is 5.78 Å². The van der Waals surface area contributed by atoms with Gasteiger partial charge in [-0.2, -0.15) is 0 Å². The van der Waals surface area contributed by atoms with Crippen molar-refractivity contribution >= 4 is 5.78 Å². The van der Waals surface area contributed by atoms with Gasteiger partial charge in [-0.05, 0) is 13.8 Å². The fourth-order valence-electron chi connectivity index (χ4n) is 1.34. The molecule has 0 saturated heterocycles. The lowest BCUT2D eigenvalue weighted by Gasteiger charge is -2.11. The fourth-order valence-corrected chi connectivity index (χ4v) is 1.34. The average Bonchev–Trinajstić information content (AvgIpc) is 2.29. The molecular weight excluding hydrogens is 204 g/mol. The van der Waals surface area contributed by atoms with Crippen LogP contribution in [0.3, 0.4) is 0 Å². The van der Waals surface area contributed by atoms with Gasteiger partial charge in [0.2, 0.25) is 0 Å². The van der Waals surface area contributed by atoms with Gasteiger partial charge >= 0.3 is 0 Å². The minimum absolute atomic E-state index is 0.0103. The molecule has 0 aliphatic carbocycles. The highest BCUT2D eigenvalue weighted by atomic mass is 16.5. The summed E-state index contributed by atoms with van der Waals surface area (Å²) in [6.45, 7) is 4.70. The number of hydrogen-bond donors (Lipinski definition) is 0. The number of rotatable bonds is 6. The normalized spacial score (nSPS) is 12.4. The second kappa shape index (κ2) is 6.40. The molecule has 0 saturated carbocycles. The first kappa shape index (κ1) is 12.9. The van der Waals surface area contributed by atoms with Crippen LogP contribution in [-0.4, -0.2) is 32.2 Å². The molecule has 0 bridgehead atoms. The third-order valence-electron chi connectivity index (χ3n) is 2.36. The molecule has 1 unspecified atom stereocenters.